The van der Waals surface area contributed by atoms with Gasteiger partial charge in [-0.2, -0.15) is 0 Å². The minimum atomic E-state index is 0.304. The minimum absolute atomic E-state index is 0.304. The van der Waals surface area contributed by atoms with Crippen LogP contribution in [0.4, 0.5) is 0 Å². The van der Waals surface area contributed by atoms with Gasteiger partial charge in [0, 0.05) is 34.4 Å². The maximum Gasteiger partial charge on any atom is 0.0325 e. The maximum absolute atomic E-state index is 3.57. The summed E-state index contributed by atoms with van der Waals surface area (Å²) in [5, 5.41) is 5.72. The molecule has 0 bridgehead atoms. The molecule has 1 heterocycles. The molecule has 0 fully saturated rings. The molecule has 19 heavy (non-hydrogen) atoms. The largest absolute Gasteiger partial charge is 0.316 e. The van der Waals surface area contributed by atoms with Crippen LogP contribution < -0.4 is 5.32 Å². The molecule has 0 aliphatic rings. The van der Waals surface area contributed by atoms with Gasteiger partial charge in [0.05, 0.1) is 0 Å². The highest BCUT2D eigenvalue weighted by atomic mass is 79.9. The van der Waals surface area contributed by atoms with Gasteiger partial charge in [-0.1, -0.05) is 27.7 Å². The SMILES string of the molecule is CC(C)CNCC(C)(C)CN(C)Cc1cc(Br)cs1. The minimum Gasteiger partial charge on any atom is -0.316 e. The Hall–Kier alpha value is 0.1000. The van der Waals surface area contributed by atoms with Gasteiger partial charge in [-0.3, -0.25) is 0 Å². The summed E-state index contributed by atoms with van der Waals surface area (Å²) in [6.45, 7) is 13.5. The van der Waals surface area contributed by atoms with Crippen LogP contribution in [0.2, 0.25) is 0 Å². The molecule has 1 aromatic heterocycles. The van der Waals surface area contributed by atoms with Gasteiger partial charge in [-0.15, -0.1) is 11.3 Å². The highest BCUT2D eigenvalue weighted by Crippen LogP contribution is 2.22. The zero-order chi connectivity index (χ0) is 14.5. The lowest BCUT2D eigenvalue weighted by atomic mass is 9.92. The summed E-state index contributed by atoms with van der Waals surface area (Å²) in [4.78, 5) is 3.83. The van der Waals surface area contributed by atoms with E-state index in [-0.39, 0.29) is 0 Å². The lowest BCUT2D eigenvalue weighted by Crippen LogP contribution is -2.39. The molecule has 0 aromatic carbocycles. The smallest absolute Gasteiger partial charge is 0.0325 e. The predicted octanol–water partition coefficient (Wildman–Crippen LogP) is 4.21. The second-order valence-corrected chi connectivity index (χ2v) is 8.50. The van der Waals surface area contributed by atoms with Crippen LogP contribution in [0.15, 0.2) is 15.9 Å². The van der Waals surface area contributed by atoms with Crippen molar-refractivity contribution in [1.82, 2.24) is 10.2 Å². The van der Waals surface area contributed by atoms with E-state index in [0.717, 1.165) is 32.1 Å². The van der Waals surface area contributed by atoms with Gasteiger partial charge >= 0.3 is 0 Å². The summed E-state index contributed by atoms with van der Waals surface area (Å²) in [5.74, 6) is 0.719. The molecule has 1 N–H and O–H groups in total. The third-order valence-electron chi connectivity index (χ3n) is 2.90. The normalized spacial score (nSPS) is 12.6. The molecule has 110 valence electrons. The molecule has 0 saturated heterocycles. The third kappa shape index (κ3) is 7.45. The van der Waals surface area contributed by atoms with Crippen molar-refractivity contribution in [2.45, 2.75) is 34.2 Å². The molecule has 0 aliphatic heterocycles. The number of nitrogens with one attached hydrogen (secondary N) is 1. The van der Waals surface area contributed by atoms with Gasteiger partial charge in [0.1, 0.15) is 0 Å². The fourth-order valence-corrected chi connectivity index (χ4v) is 3.77. The molecule has 4 heteroatoms. The van der Waals surface area contributed by atoms with Gasteiger partial charge in [0.2, 0.25) is 0 Å². The molecule has 1 aromatic rings. The van der Waals surface area contributed by atoms with Crippen LogP contribution in [0.1, 0.15) is 32.6 Å². The number of rotatable bonds is 8. The van der Waals surface area contributed by atoms with Crippen molar-refractivity contribution in [2.75, 3.05) is 26.7 Å². The second kappa shape index (κ2) is 7.77. The Labute approximate surface area is 130 Å². The van der Waals surface area contributed by atoms with Crippen LogP contribution in [0.5, 0.6) is 0 Å². The molecule has 1 rings (SSSR count). The van der Waals surface area contributed by atoms with Crippen LogP contribution in [-0.2, 0) is 6.54 Å². The van der Waals surface area contributed by atoms with E-state index in [1.165, 1.54) is 9.35 Å². The first kappa shape index (κ1) is 17.2. The molecule has 0 saturated carbocycles. The summed E-state index contributed by atoms with van der Waals surface area (Å²) in [6.07, 6.45) is 0. The summed E-state index contributed by atoms with van der Waals surface area (Å²) < 4.78 is 1.19. The van der Waals surface area contributed by atoms with Gasteiger partial charge in [0.25, 0.3) is 0 Å². The molecular weight excluding hydrogens is 320 g/mol. The quantitative estimate of drug-likeness (QED) is 0.758. The zero-order valence-corrected chi connectivity index (χ0v) is 15.2. The maximum atomic E-state index is 3.57. The van der Waals surface area contributed by atoms with E-state index < -0.39 is 0 Å². The Morgan fingerprint density at radius 3 is 2.63 bits per heavy atom. The lowest BCUT2D eigenvalue weighted by Gasteiger charge is -2.30. The monoisotopic (exact) mass is 346 g/mol. The van der Waals surface area contributed by atoms with Crippen LogP contribution >= 0.6 is 27.3 Å². The van der Waals surface area contributed by atoms with Crippen molar-refractivity contribution in [3.8, 4) is 0 Å². The van der Waals surface area contributed by atoms with E-state index in [1.54, 1.807) is 0 Å². The van der Waals surface area contributed by atoms with Gasteiger partial charge in [-0.25, -0.2) is 0 Å². The van der Waals surface area contributed by atoms with Gasteiger partial charge in [0.15, 0.2) is 0 Å². The first-order valence-electron chi connectivity index (χ1n) is 6.91. The third-order valence-corrected chi connectivity index (χ3v) is 4.58. The molecular formula is C15H27BrN2S. The molecule has 2 nitrogen and oxygen atoms in total. The highest BCUT2D eigenvalue weighted by Gasteiger charge is 2.20. The number of hydrogen-bond acceptors (Lipinski definition) is 3. The topological polar surface area (TPSA) is 15.3 Å². The van der Waals surface area contributed by atoms with Crippen LogP contribution in [0.25, 0.3) is 0 Å². The van der Waals surface area contributed by atoms with E-state index in [4.69, 9.17) is 0 Å². The van der Waals surface area contributed by atoms with Crippen molar-refractivity contribution in [1.29, 1.82) is 0 Å². The standard InChI is InChI=1S/C15H27BrN2S/c1-12(2)7-17-10-15(3,4)11-18(5)8-14-6-13(16)9-19-14/h6,9,12,17H,7-8,10-11H2,1-5H3. The molecule has 0 spiro atoms. The van der Waals surface area contributed by atoms with Crippen molar-refractivity contribution >= 4 is 27.3 Å². The van der Waals surface area contributed by atoms with Crippen LogP contribution in [0, 0.1) is 11.3 Å². The lowest BCUT2D eigenvalue weighted by molar-refractivity contribution is 0.198. The van der Waals surface area contributed by atoms with Crippen molar-refractivity contribution in [3.63, 3.8) is 0 Å². The van der Waals surface area contributed by atoms with E-state index in [1.807, 2.05) is 11.3 Å². The van der Waals surface area contributed by atoms with Gasteiger partial charge in [-0.05, 0) is 46.9 Å². The summed E-state index contributed by atoms with van der Waals surface area (Å²) >= 11 is 5.33. The highest BCUT2D eigenvalue weighted by molar-refractivity contribution is 9.10. The van der Waals surface area contributed by atoms with Crippen LogP contribution in [0.3, 0.4) is 0 Å². The Morgan fingerprint density at radius 2 is 2.11 bits per heavy atom. The van der Waals surface area contributed by atoms with Crippen molar-refractivity contribution in [3.05, 3.63) is 20.8 Å². The molecule has 0 aliphatic carbocycles. The van der Waals surface area contributed by atoms with Crippen molar-refractivity contribution < 1.29 is 0 Å². The summed E-state index contributed by atoms with van der Waals surface area (Å²) in [6, 6.07) is 2.21. The molecule has 0 radical (unpaired) electrons. The predicted molar refractivity (Wildman–Crippen MR) is 89.8 cm³/mol. The van der Waals surface area contributed by atoms with Gasteiger partial charge < -0.3 is 10.2 Å². The first-order chi connectivity index (χ1) is 8.78. The fraction of sp³-hybridized carbons (Fsp3) is 0.733. The van der Waals surface area contributed by atoms with E-state index in [2.05, 4.69) is 72.3 Å². The number of thiophene rings is 1. The Bertz CT molecular complexity index is 374. The van der Waals surface area contributed by atoms with E-state index in [0.29, 0.717) is 5.41 Å². The van der Waals surface area contributed by atoms with E-state index >= 15 is 0 Å². The Balaban J connectivity index is 2.35. The fourth-order valence-electron chi connectivity index (χ4n) is 2.24. The summed E-state index contributed by atoms with van der Waals surface area (Å²) in [7, 11) is 2.21. The number of nitrogens with zero attached hydrogens (tertiary/aromatic N) is 1. The zero-order valence-electron chi connectivity index (χ0n) is 12.8. The number of halogens is 1. The average Bonchev–Trinajstić information content (AvgIpc) is 2.61. The molecule has 0 unspecified atom stereocenters. The summed E-state index contributed by atoms with van der Waals surface area (Å²) in [5.41, 5.74) is 0.304. The number of hydrogen-bond donors (Lipinski definition) is 1. The Kier molecular flexibility index (Phi) is 7.01. The first-order valence-corrected chi connectivity index (χ1v) is 8.58. The molecule has 0 amide bonds. The molecule has 0 atom stereocenters. The second-order valence-electron chi connectivity index (χ2n) is 6.59. The van der Waals surface area contributed by atoms with Crippen molar-refractivity contribution in [2.24, 2.45) is 11.3 Å². The Morgan fingerprint density at radius 1 is 1.42 bits per heavy atom. The van der Waals surface area contributed by atoms with Crippen LogP contribution in [-0.4, -0.2) is 31.6 Å². The van der Waals surface area contributed by atoms with E-state index in [9.17, 15) is 0 Å². The average molecular weight is 347 g/mol.